The van der Waals surface area contributed by atoms with E-state index in [-0.39, 0.29) is 11.8 Å². The summed E-state index contributed by atoms with van der Waals surface area (Å²) in [4.78, 5) is 25.6. The molecule has 1 fully saturated rings. The average Bonchev–Trinajstić information content (AvgIpc) is 3.03. The van der Waals surface area contributed by atoms with E-state index in [1.807, 2.05) is 42.5 Å². The Morgan fingerprint density at radius 1 is 1.12 bits per heavy atom. The van der Waals surface area contributed by atoms with E-state index in [1.165, 1.54) is 6.08 Å². The number of nitrogens with one attached hydrogen (secondary N) is 1. The van der Waals surface area contributed by atoms with Crippen LogP contribution in [0.15, 0.2) is 57.5 Å². The molecule has 0 atom stereocenters. The quantitative estimate of drug-likeness (QED) is 0.649. The molecule has 1 N–H and O–H groups in total. The molecule has 1 heterocycles. The van der Waals surface area contributed by atoms with Crippen LogP contribution >= 0.6 is 31.9 Å². The SMILES string of the molecule is O=C(/C=C/c1ccc(N2CCCC2=O)cc1)Nc1cc(Br)ccc1Br. The fraction of sp³-hybridized carbons (Fsp3) is 0.158. The molecule has 0 bridgehead atoms. The maximum absolute atomic E-state index is 12.1. The third-order valence-corrected chi connectivity index (χ3v) is 5.08. The van der Waals surface area contributed by atoms with Gasteiger partial charge in [-0.3, -0.25) is 9.59 Å². The van der Waals surface area contributed by atoms with Crippen LogP contribution in [-0.2, 0) is 9.59 Å². The lowest BCUT2D eigenvalue weighted by Crippen LogP contribution is -2.23. The van der Waals surface area contributed by atoms with Crippen molar-refractivity contribution in [2.24, 2.45) is 0 Å². The van der Waals surface area contributed by atoms with Crippen molar-refractivity contribution in [1.82, 2.24) is 0 Å². The molecule has 2 aromatic rings. The Labute approximate surface area is 163 Å². The highest BCUT2D eigenvalue weighted by Gasteiger charge is 2.21. The lowest BCUT2D eigenvalue weighted by Gasteiger charge is -2.15. The predicted octanol–water partition coefficient (Wildman–Crippen LogP) is 4.99. The first-order chi connectivity index (χ1) is 12.0. The van der Waals surface area contributed by atoms with Crippen LogP contribution in [-0.4, -0.2) is 18.4 Å². The molecule has 6 heteroatoms. The van der Waals surface area contributed by atoms with Crippen molar-refractivity contribution in [3.63, 3.8) is 0 Å². The molecule has 4 nitrogen and oxygen atoms in total. The second-order valence-corrected chi connectivity index (χ2v) is 7.46. The Hall–Kier alpha value is -1.92. The minimum Gasteiger partial charge on any atom is -0.321 e. The second-order valence-electron chi connectivity index (χ2n) is 5.69. The van der Waals surface area contributed by atoms with Crippen molar-refractivity contribution in [2.45, 2.75) is 12.8 Å². The van der Waals surface area contributed by atoms with Crippen molar-refractivity contribution in [1.29, 1.82) is 0 Å². The van der Waals surface area contributed by atoms with Crippen molar-refractivity contribution >= 4 is 61.1 Å². The molecular weight excluding hydrogens is 448 g/mol. The van der Waals surface area contributed by atoms with Crippen LogP contribution in [0.5, 0.6) is 0 Å². The van der Waals surface area contributed by atoms with Gasteiger partial charge in [0.2, 0.25) is 11.8 Å². The summed E-state index contributed by atoms with van der Waals surface area (Å²) in [6.07, 6.45) is 4.76. The van der Waals surface area contributed by atoms with Crippen LogP contribution in [0, 0.1) is 0 Å². The van der Waals surface area contributed by atoms with Gasteiger partial charge < -0.3 is 10.2 Å². The van der Waals surface area contributed by atoms with Crippen molar-refractivity contribution in [3.8, 4) is 0 Å². The Bertz CT molecular complexity index is 832. The van der Waals surface area contributed by atoms with Gasteiger partial charge in [0.15, 0.2) is 0 Å². The lowest BCUT2D eigenvalue weighted by molar-refractivity contribution is -0.117. The third kappa shape index (κ3) is 4.58. The van der Waals surface area contributed by atoms with Gasteiger partial charge in [-0.15, -0.1) is 0 Å². The molecule has 25 heavy (non-hydrogen) atoms. The molecule has 2 amide bonds. The first-order valence-corrected chi connectivity index (χ1v) is 9.46. The van der Waals surface area contributed by atoms with Crippen molar-refractivity contribution in [2.75, 3.05) is 16.8 Å². The van der Waals surface area contributed by atoms with Gasteiger partial charge in [-0.2, -0.15) is 0 Å². The molecule has 1 aliphatic rings. The Kier molecular flexibility index (Phi) is 5.71. The van der Waals surface area contributed by atoms with E-state index in [4.69, 9.17) is 0 Å². The van der Waals surface area contributed by atoms with E-state index in [9.17, 15) is 9.59 Å². The number of benzene rings is 2. The van der Waals surface area contributed by atoms with Crippen LogP contribution in [0.1, 0.15) is 18.4 Å². The lowest BCUT2D eigenvalue weighted by atomic mass is 10.2. The maximum Gasteiger partial charge on any atom is 0.248 e. The van der Waals surface area contributed by atoms with Gasteiger partial charge in [0.25, 0.3) is 0 Å². The summed E-state index contributed by atoms with van der Waals surface area (Å²) in [5, 5.41) is 2.83. The first kappa shape index (κ1) is 17.9. The van der Waals surface area contributed by atoms with E-state index < -0.39 is 0 Å². The minimum atomic E-state index is -0.211. The Morgan fingerprint density at radius 3 is 2.56 bits per heavy atom. The Morgan fingerprint density at radius 2 is 1.88 bits per heavy atom. The molecule has 0 radical (unpaired) electrons. The van der Waals surface area contributed by atoms with Crippen molar-refractivity contribution < 1.29 is 9.59 Å². The zero-order valence-corrected chi connectivity index (χ0v) is 16.5. The van der Waals surface area contributed by atoms with Gasteiger partial charge >= 0.3 is 0 Å². The second kappa shape index (κ2) is 7.97. The highest BCUT2D eigenvalue weighted by molar-refractivity contribution is 9.11. The van der Waals surface area contributed by atoms with Gasteiger partial charge in [-0.25, -0.2) is 0 Å². The standard InChI is InChI=1S/C19H16Br2N2O2/c20-14-6-9-16(21)17(12-14)22-18(24)10-5-13-3-7-15(8-4-13)23-11-1-2-19(23)25/h3-10,12H,1-2,11H2,(H,22,24)/b10-5+. The average molecular weight is 464 g/mol. The Balaban J connectivity index is 1.64. The third-order valence-electron chi connectivity index (χ3n) is 3.89. The number of rotatable bonds is 4. The van der Waals surface area contributed by atoms with E-state index in [0.29, 0.717) is 12.1 Å². The van der Waals surface area contributed by atoms with E-state index in [0.717, 1.165) is 33.2 Å². The number of hydrogen-bond donors (Lipinski definition) is 1. The zero-order chi connectivity index (χ0) is 17.8. The highest BCUT2D eigenvalue weighted by Crippen LogP contribution is 2.26. The molecule has 0 saturated carbocycles. The maximum atomic E-state index is 12.1. The highest BCUT2D eigenvalue weighted by atomic mass is 79.9. The topological polar surface area (TPSA) is 49.4 Å². The van der Waals surface area contributed by atoms with Crippen molar-refractivity contribution in [3.05, 3.63) is 63.0 Å². The van der Waals surface area contributed by atoms with Gasteiger partial charge in [0.1, 0.15) is 0 Å². The van der Waals surface area contributed by atoms with E-state index in [1.54, 1.807) is 11.0 Å². The molecule has 1 aliphatic heterocycles. The smallest absolute Gasteiger partial charge is 0.248 e. The molecule has 1 saturated heterocycles. The molecule has 0 spiro atoms. The number of amides is 2. The van der Waals surface area contributed by atoms with Crippen LogP contribution < -0.4 is 10.2 Å². The minimum absolute atomic E-state index is 0.169. The largest absolute Gasteiger partial charge is 0.321 e. The normalized spacial score (nSPS) is 14.3. The van der Waals surface area contributed by atoms with Gasteiger partial charge in [-0.1, -0.05) is 28.1 Å². The predicted molar refractivity (Wildman–Crippen MR) is 108 cm³/mol. The summed E-state index contributed by atoms with van der Waals surface area (Å²) in [5.41, 5.74) is 2.51. The molecule has 0 aromatic heterocycles. The molecule has 2 aromatic carbocycles. The van der Waals surface area contributed by atoms with Crippen LogP contribution in [0.2, 0.25) is 0 Å². The molecular formula is C19H16Br2N2O2. The van der Waals surface area contributed by atoms with Gasteiger partial charge in [0.05, 0.1) is 5.69 Å². The summed E-state index contributed by atoms with van der Waals surface area (Å²) < 4.78 is 1.71. The summed E-state index contributed by atoms with van der Waals surface area (Å²) in [6, 6.07) is 13.2. The van der Waals surface area contributed by atoms with E-state index in [2.05, 4.69) is 37.2 Å². The monoisotopic (exact) mass is 462 g/mol. The molecule has 0 aliphatic carbocycles. The number of nitrogens with zero attached hydrogens (tertiary/aromatic N) is 1. The molecule has 128 valence electrons. The van der Waals surface area contributed by atoms with Crippen LogP contribution in [0.4, 0.5) is 11.4 Å². The molecule has 0 unspecified atom stereocenters. The fourth-order valence-corrected chi connectivity index (χ4v) is 3.33. The summed E-state index contributed by atoms with van der Waals surface area (Å²) in [5.74, 6) is -0.0418. The number of hydrogen-bond acceptors (Lipinski definition) is 2. The van der Waals surface area contributed by atoms with Crippen LogP contribution in [0.25, 0.3) is 6.08 Å². The fourth-order valence-electron chi connectivity index (χ4n) is 2.63. The molecule has 3 rings (SSSR count). The summed E-state index contributed by atoms with van der Waals surface area (Å²) in [7, 11) is 0. The number of carbonyl (C=O) groups excluding carboxylic acids is 2. The zero-order valence-electron chi connectivity index (χ0n) is 13.3. The first-order valence-electron chi connectivity index (χ1n) is 7.87. The van der Waals surface area contributed by atoms with Gasteiger partial charge in [-0.05, 0) is 64.3 Å². The summed E-state index contributed by atoms with van der Waals surface area (Å²) in [6.45, 7) is 0.776. The number of halogens is 2. The number of anilines is 2. The van der Waals surface area contributed by atoms with Gasteiger partial charge in [0, 0.05) is 33.7 Å². The van der Waals surface area contributed by atoms with Crippen LogP contribution in [0.3, 0.4) is 0 Å². The summed E-state index contributed by atoms with van der Waals surface area (Å²) >= 11 is 6.79. The van der Waals surface area contributed by atoms with E-state index >= 15 is 0 Å². The number of carbonyl (C=O) groups is 2.